The summed E-state index contributed by atoms with van der Waals surface area (Å²) in [7, 11) is 0. The Morgan fingerprint density at radius 3 is 2.50 bits per heavy atom. The number of halogens is 1. The highest BCUT2D eigenvalue weighted by molar-refractivity contribution is 6.33. The molecule has 136 valence electrons. The van der Waals surface area contributed by atoms with Crippen LogP contribution in [0.15, 0.2) is 48.8 Å². The van der Waals surface area contributed by atoms with Crippen molar-refractivity contribution in [3.63, 3.8) is 0 Å². The zero-order chi connectivity index (χ0) is 18.4. The lowest BCUT2D eigenvalue weighted by atomic mass is 10.3. The predicted octanol–water partition coefficient (Wildman–Crippen LogP) is 2.52. The number of carbonyl (C=O) groups is 2. The van der Waals surface area contributed by atoms with E-state index in [0.717, 1.165) is 0 Å². The van der Waals surface area contributed by atoms with Gasteiger partial charge in [-0.3, -0.25) is 14.7 Å². The van der Waals surface area contributed by atoms with Gasteiger partial charge in [-0.25, -0.2) is 4.79 Å². The van der Waals surface area contributed by atoms with Crippen LogP contribution in [0.5, 0.6) is 0 Å². The van der Waals surface area contributed by atoms with Gasteiger partial charge in [0, 0.05) is 32.4 Å². The number of rotatable bonds is 4. The maximum atomic E-state index is 12.2. The number of anilines is 2. The third-order valence-electron chi connectivity index (χ3n) is 4.09. The third-order valence-corrected chi connectivity index (χ3v) is 4.42. The molecule has 8 heteroatoms. The molecule has 0 unspecified atom stereocenters. The lowest BCUT2D eigenvalue weighted by Crippen LogP contribution is -2.51. The van der Waals surface area contributed by atoms with Crippen molar-refractivity contribution in [2.45, 2.75) is 0 Å². The standard InChI is InChI=1S/C18H20ClN5O2/c19-15-5-1-2-6-16(15)22-17(25)13-23-8-10-24(11-9-23)18(26)21-14-4-3-7-20-12-14/h1-7,12H,8-11,13H2,(H,21,26)(H,22,25). The molecule has 2 heterocycles. The van der Waals surface area contributed by atoms with E-state index in [9.17, 15) is 9.59 Å². The maximum absolute atomic E-state index is 12.2. The van der Waals surface area contributed by atoms with E-state index in [2.05, 4.69) is 15.6 Å². The second kappa shape index (κ2) is 8.64. The van der Waals surface area contributed by atoms with Gasteiger partial charge in [0.05, 0.1) is 29.1 Å². The van der Waals surface area contributed by atoms with Crippen molar-refractivity contribution in [3.05, 3.63) is 53.8 Å². The van der Waals surface area contributed by atoms with E-state index < -0.39 is 0 Å². The van der Waals surface area contributed by atoms with Gasteiger partial charge >= 0.3 is 6.03 Å². The smallest absolute Gasteiger partial charge is 0.321 e. The fourth-order valence-corrected chi connectivity index (χ4v) is 2.89. The molecule has 2 N–H and O–H groups in total. The fourth-order valence-electron chi connectivity index (χ4n) is 2.70. The Morgan fingerprint density at radius 1 is 1.04 bits per heavy atom. The summed E-state index contributed by atoms with van der Waals surface area (Å²) in [5.41, 5.74) is 1.27. The largest absolute Gasteiger partial charge is 0.324 e. The number of carbonyl (C=O) groups excluding carboxylic acids is 2. The van der Waals surface area contributed by atoms with Crippen LogP contribution in [0.1, 0.15) is 0 Å². The van der Waals surface area contributed by atoms with E-state index in [1.165, 1.54) is 0 Å². The number of para-hydroxylation sites is 1. The van der Waals surface area contributed by atoms with Crippen molar-refractivity contribution in [1.29, 1.82) is 0 Å². The van der Waals surface area contributed by atoms with Crippen LogP contribution >= 0.6 is 11.6 Å². The summed E-state index contributed by atoms with van der Waals surface area (Å²) in [5.74, 6) is -0.119. The van der Waals surface area contributed by atoms with E-state index in [1.54, 1.807) is 41.6 Å². The molecule has 1 saturated heterocycles. The Kier molecular flexibility index (Phi) is 6.04. The minimum Gasteiger partial charge on any atom is -0.324 e. The molecule has 2 aromatic rings. The molecule has 1 aromatic heterocycles. The molecule has 1 aliphatic heterocycles. The number of urea groups is 1. The van der Waals surface area contributed by atoms with Crippen LogP contribution in [0.25, 0.3) is 0 Å². The number of aromatic nitrogens is 1. The first-order chi connectivity index (χ1) is 12.6. The molecular formula is C18H20ClN5O2. The summed E-state index contributed by atoms with van der Waals surface area (Å²) >= 11 is 6.05. The van der Waals surface area contributed by atoms with Crippen molar-refractivity contribution in [1.82, 2.24) is 14.8 Å². The Hall–Kier alpha value is -2.64. The minimum absolute atomic E-state index is 0.119. The molecule has 26 heavy (non-hydrogen) atoms. The van der Waals surface area contributed by atoms with Crippen molar-refractivity contribution in [3.8, 4) is 0 Å². The fraction of sp³-hybridized carbons (Fsp3) is 0.278. The van der Waals surface area contributed by atoms with Crippen molar-refractivity contribution in [2.75, 3.05) is 43.4 Å². The predicted molar refractivity (Wildman–Crippen MR) is 101 cm³/mol. The minimum atomic E-state index is -0.154. The van der Waals surface area contributed by atoms with Crippen LogP contribution in [0, 0.1) is 0 Å². The lowest BCUT2D eigenvalue weighted by molar-refractivity contribution is -0.117. The summed E-state index contributed by atoms with van der Waals surface area (Å²) in [4.78, 5) is 32.1. The molecule has 1 aliphatic rings. The number of nitrogens with zero attached hydrogens (tertiary/aromatic N) is 3. The summed E-state index contributed by atoms with van der Waals surface area (Å²) in [5, 5.41) is 6.14. The average Bonchev–Trinajstić information content (AvgIpc) is 2.65. The topological polar surface area (TPSA) is 77.6 Å². The Morgan fingerprint density at radius 2 is 1.81 bits per heavy atom. The van der Waals surface area contributed by atoms with Gasteiger partial charge in [-0.05, 0) is 24.3 Å². The quantitative estimate of drug-likeness (QED) is 0.863. The third kappa shape index (κ3) is 4.93. The van der Waals surface area contributed by atoms with Gasteiger partial charge in [0.25, 0.3) is 0 Å². The number of amides is 3. The second-order valence-corrected chi connectivity index (χ2v) is 6.37. The molecule has 1 fully saturated rings. The van der Waals surface area contributed by atoms with Crippen molar-refractivity contribution in [2.24, 2.45) is 0 Å². The molecule has 3 amide bonds. The number of hydrogen-bond acceptors (Lipinski definition) is 4. The van der Waals surface area contributed by atoms with Crippen molar-refractivity contribution < 1.29 is 9.59 Å². The Bertz CT molecular complexity index is 763. The molecule has 0 radical (unpaired) electrons. The summed E-state index contributed by atoms with van der Waals surface area (Å²) in [6, 6.07) is 10.5. The number of benzene rings is 1. The van der Waals surface area contributed by atoms with Crippen LogP contribution < -0.4 is 10.6 Å². The van der Waals surface area contributed by atoms with E-state index in [-0.39, 0.29) is 18.5 Å². The van der Waals surface area contributed by atoms with Crippen molar-refractivity contribution >= 4 is 34.9 Å². The normalized spacial score (nSPS) is 14.7. The molecular weight excluding hydrogens is 354 g/mol. The molecule has 3 rings (SSSR count). The second-order valence-electron chi connectivity index (χ2n) is 5.96. The number of pyridine rings is 1. The average molecular weight is 374 g/mol. The van der Waals surface area contributed by atoms with Crippen LogP contribution in [-0.4, -0.2) is 59.4 Å². The van der Waals surface area contributed by atoms with Gasteiger partial charge in [-0.15, -0.1) is 0 Å². The van der Waals surface area contributed by atoms with Crippen LogP contribution in [0.4, 0.5) is 16.2 Å². The molecule has 0 atom stereocenters. The first kappa shape index (κ1) is 18.2. The van der Waals surface area contributed by atoms with E-state index in [1.807, 2.05) is 17.0 Å². The highest BCUT2D eigenvalue weighted by Crippen LogP contribution is 2.20. The molecule has 7 nitrogen and oxygen atoms in total. The first-order valence-corrected chi connectivity index (χ1v) is 8.72. The monoisotopic (exact) mass is 373 g/mol. The molecule has 1 aromatic carbocycles. The summed E-state index contributed by atoms with van der Waals surface area (Å²) < 4.78 is 0. The highest BCUT2D eigenvalue weighted by Gasteiger charge is 2.22. The van der Waals surface area contributed by atoms with Gasteiger partial charge in [-0.2, -0.15) is 0 Å². The first-order valence-electron chi connectivity index (χ1n) is 8.34. The molecule has 0 spiro atoms. The number of hydrogen-bond donors (Lipinski definition) is 2. The molecule has 0 bridgehead atoms. The summed E-state index contributed by atoms with van der Waals surface area (Å²) in [6.45, 7) is 2.66. The van der Waals surface area contributed by atoms with E-state index in [4.69, 9.17) is 11.6 Å². The van der Waals surface area contributed by atoms with Crippen LogP contribution in [0.3, 0.4) is 0 Å². The zero-order valence-electron chi connectivity index (χ0n) is 14.2. The molecule has 0 saturated carbocycles. The van der Waals surface area contributed by atoms with E-state index in [0.29, 0.717) is 42.6 Å². The van der Waals surface area contributed by atoms with Crippen LogP contribution in [0.2, 0.25) is 5.02 Å². The van der Waals surface area contributed by atoms with Gasteiger partial charge in [-0.1, -0.05) is 23.7 Å². The number of piperazine rings is 1. The maximum Gasteiger partial charge on any atom is 0.321 e. The Labute approximate surface area is 157 Å². The van der Waals surface area contributed by atoms with E-state index >= 15 is 0 Å². The number of nitrogens with one attached hydrogen (secondary N) is 2. The Balaban J connectivity index is 1.44. The van der Waals surface area contributed by atoms with Gasteiger partial charge in [0.1, 0.15) is 0 Å². The lowest BCUT2D eigenvalue weighted by Gasteiger charge is -2.34. The SMILES string of the molecule is O=C(CN1CCN(C(=O)Nc2cccnc2)CC1)Nc1ccccc1Cl. The van der Waals surface area contributed by atoms with Gasteiger partial charge in [0.15, 0.2) is 0 Å². The summed E-state index contributed by atoms with van der Waals surface area (Å²) in [6.07, 6.45) is 3.26. The highest BCUT2D eigenvalue weighted by atomic mass is 35.5. The van der Waals surface area contributed by atoms with Gasteiger partial charge in [0.2, 0.25) is 5.91 Å². The van der Waals surface area contributed by atoms with Crippen LogP contribution in [-0.2, 0) is 4.79 Å². The molecule has 0 aliphatic carbocycles. The van der Waals surface area contributed by atoms with Gasteiger partial charge < -0.3 is 15.5 Å². The zero-order valence-corrected chi connectivity index (χ0v) is 14.9.